The predicted molar refractivity (Wildman–Crippen MR) is 102 cm³/mol. The average Bonchev–Trinajstić information content (AvgIpc) is 3.31. The predicted octanol–water partition coefficient (Wildman–Crippen LogP) is 3.01. The van der Waals surface area contributed by atoms with Gasteiger partial charge in [-0.05, 0) is 53.4 Å². The summed E-state index contributed by atoms with van der Waals surface area (Å²) in [4.78, 5) is 13.4. The number of aromatic nitrogens is 4. The second-order valence-electron chi connectivity index (χ2n) is 5.64. The van der Waals surface area contributed by atoms with Crippen LogP contribution < -0.4 is 10.1 Å². The first-order chi connectivity index (χ1) is 12.6. The number of thiophene rings is 1. The van der Waals surface area contributed by atoms with Gasteiger partial charge in [-0.25, -0.2) is 0 Å². The molecule has 1 aromatic carbocycles. The Hall–Kier alpha value is -2.39. The Morgan fingerprint density at radius 1 is 1.42 bits per heavy atom. The molecule has 0 aliphatic rings. The highest BCUT2D eigenvalue weighted by atomic mass is 32.2. The first-order valence-electron chi connectivity index (χ1n) is 7.97. The molecular weight excluding hydrogens is 370 g/mol. The summed E-state index contributed by atoms with van der Waals surface area (Å²) in [5.41, 5.74) is 1.81. The lowest BCUT2D eigenvalue weighted by atomic mass is 10.2. The lowest BCUT2D eigenvalue weighted by Crippen LogP contribution is -2.27. The number of rotatable bonds is 7. The standard InChI is InChI=1S/C17H19N5O2S2/c1-11-6-7-14(24-3)13(9-11)22-17(19-20-21-22)26-10-16(23)18-12(2)15-5-4-8-25-15/h4-9,12H,10H2,1-3H3,(H,18,23). The van der Waals surface area contributed by atoms with Gasteiger partial charge >= 0.3 is 0 Å². The molecular formula is C17H19N5O2S2. The van der Waals surface area contributed by atoms with Gasteiger partial charge in [-0.2, -0.15) is 4.68 Å². The Kier molecular flexibility index (Phi) is 5.89. The number of methoxy groups -OCH3 is 1. The summed E-state index contributed by atoms with van der Waals surface area (Å²) < 4.78 is 6.98. The van der Waals surface area contributed by atoms with Crippen molar-refractivity contribution >= 4 is 29.0 Å². The Morgan fingerprint density at radius 3 is 3.00 bits per heavy atom. The molecule has 1 amide bonds. The molecule has 3 aromatic rings. The first kappa shape index (κ1) is 18.4. The first-order valence-corrected chi connectivity index (χ1v) is 9.84. The summed E-state index contributed by atoms with van der Waals surface area (Å²) in [6, 6.07) is 9.73. The monoisotopic (exact) mass is 389 g/mol. The van der Waals surface area contributed by atoms with Crippen LogP contribution in [-0.2, 0) is 4.79 Å². The highest BCUT2D eigenvalue weighted by Gasteiger charge is 2.16. The van der Waals surface area contributed by atoms with E-state index in [-0.39, 0.29) is 17.7 Å². The normalized spacial score (nSPS) is 12.0. The third-order valence-electron chi connectivity index (χ3n) is 3.68. The molecule has 1 atom stereocenters. The Balaban J connectivity index is 1.68. The van der Waals surface area contributed by atoms with E-state index in [0.29, 0.717) is 10.9 Å². The molecule has 3 rings (SSSR count). The molecule has 0 saturated carbocycles. The third kappa shape index (κ3) is 4.23. The van der Waals surface area contributed by atoms with Crippen LogP contribution in [0.1, 0.15) is 23.4 Å². The van der Waals surface area contributed by atoms with Crippen molar-refractivity contribution in [1.82, 2.24) is 25.5 Å². The van der Waals surface area contributed by atoms with Crippen molar-refractivity contribution in [2.45, 2.75) is 25.0 Å². The minimum Gasteiger partial charge on any atom is -0.494 e. The van der Waals surface area contributed by atoms with E-state index in [2.05, 4.69) is 20.8 Å². The van der Waals surface area contributed by atoms with Crippen molar-refractivity contribution in [1.29, 1.82) is 0 Å². The molecule has 0 saturated heterocycles. The van der Waals surface area contributed by atoms with Crippen molar-refractivity contribution in [3.05, 3.63) is 46.2 Å². The minimum absolute atomic E-state index is 0.0176. The molecule has 0 fully saturated rings. The number of hydrogen-bond donors (Lipinski definition) is 1. The van der Waals surface area contributed by atoms with Gasteiger partial charge in [0.2, 0.25) is 11.1 Å². The van der Waals surface area contributed by atoms with Crippen LogP contribution >= 0.6 is 23.1 Å². The van der Waals surface area contributed by atoms with E-state index in [9.17, 15) is 4.79 Å². The molecule has 0 spiro atoms. The minimum atomic E-state index is -0.0679. The summed E-state index contributed by atoms with van der Waals surface area (Å²) in [5, 5.41) is 17.3. The Morgan fingerprint density at radius 2 is 2.27 bits per heavy atom. The Labute approximate surface area is 159 Å². The summed E-state index contributed by atoms with van der Waals surface area (Å²) in [5.74, 6) is 0.826. The highest BCUT2D eigenvalue weighted by Crippen LogP contribution is 2.27. The van der Waals surface area contributed by atoms with Crippen molar-refractivity contribution in [3.63, 3.8) is 0 Å². The molecule has 9 heteroatoms. The van der Waals surface area contributed by atoms with Gasteiger partial charge in [-0.15, -0.1) is 16.4 Å². The lowest BCUT2D eigenvalue weighted by molar-refractivity contribution is -0.119. The smallest absolute Gasteiger partial charge is 0.230 e. The fourth-order valence-electron chi connectivity index (χ4n) is 2.41. The number of carbonyl (C=O) groups is 1. The molecule has 0 radical (unpaired) electrons. The van der Waals surface area contributed by atoms with E-state index in [1.807, 2.05) is 49.6 Å². The molecule has 26 heavy (non-hydrogen) atoms. The van der Waals surface area contributed by atoms with Crippen LogP contribution in [0.3, 0.4) is 0 Å². The number of benzene rings is 1. The quantitative estimate of drug-likeness (QED) is 0.626. The number of nitrogens with zero attached hydrogens (tertiary/aromatic N) is 4. The van der Waals surface area contributed by atoms with Crippen LogP contribution in [-0.4, -0.2) is 39.0 Å². The zero-order valence-corrected chi connectivity index (χ0v) is 16.3. The van der Waals surface area contributed by atoms with Gasteiger partial charge in [0.05, 0.1) is 18.9 Å². The molecule has 0 bridgehead atoms. The molecule has 1 unspecified atom stereocenters. The number of hydrogen-bond acceptors (Lipinski definition) is 7. The second kappa shape index (κ2) is 8.33. The number of tetrazole rings is 1. The average molecular weight is 390 g/mol. The van der Waals surface area contributed by atoms with Crippen LogP contribution in [0.4, 0.5) is 0 Å². The molecule has 136 valence electrons. The summed E-state index contributed by atoms with van der Waals surface area (Å²) in [6.07, 6.45) is 0. The maximum atomic E-state index is 12.2. The summed E-state index contributed by atoms with van der Waals surface area (Å²) >= 11 is 2.91. The zero-order valence-electron chi connectivity index (χ0n) is 14.7. The van der Waals surface area contributed by atoms with Crippen molar-refractivity contribution < 1.29 is 9.53 Å². The lowest BCUT2D eigenvalue weighted by Gasteiger charge is -2.12. The molecule has 0 aliphatic carbocycles. The van der Waals surface area contributed by atoms with Gasteiger partial charge in [0, 0.05) is 4.88 Å². The van der Waals surface area contributed by atoms with Crippen LogP contribution in [0.2, 0.25) is 0 Å². The fraction of sp³-hybridized carbons (Fsp3) is 0.294. The van der Waals surface area contributed by atoms with Crippen molar-refractivity contribution in [2.75, 3.05) is 12.9 Å². The van der Waals surface area contributed by atoms with Crippen LogP contribution in [0.15, 0.2) is 40.9 Å². The second-order valence-corrected chi connectivity index (χ2v) is 7.56. The number of nitrogens with one attached hydrogen (secondary N) is 1. The highest BCUT2D eigenvalue weighted by molar-refractivity contribution is 7.99. The van der Waals surface area contributed by atoms with E-state index in [4.69, 9.17) is 4.74 Å². The van der Waals surface area contributed by atoms with Gasteiger partial charge in [-0.3, -0.25) is 4.79 Å². The number of carbonyl (C=O) groups excluding carboxylic acids is 1. The molecule has 7 nitrogen and oxygen atoms in total. The van der Waals surface area contributed by atoms with E-state index >= 15 is 0 Å². The van der Waals surface area contributed by atoms with E-state index in [0.717, 1.165) is 16.1 Å². The maximum absolute atomic E-state index is 12.2. The number of ether oxygens (including phenoxy) is 1. The van der Waals surface area contributed by atoms with Crippen molar-refractivity contribution in [3.8, 4) is 11.4 Å². The van der Waals surface area contributed by atoms with Crippen LogP contribution in [0, 0.1) is 6.92 Å². The van der Waals surface area contributed by atoms with Gasteiger partial charge in [0.25, 0.3) is 0 Å². The summed E-state index contributed by atoms with van der Waals surface area (Å²) in [7, 11) is 1.60. The molecule has 2 aromatic heterocycles. The molecule has 1 N–H and O–H groups in total. The SMILES string of the molecule is COc1ccc(C)cc1-n1nnnc1SCC(=O)NC(C)c1cccs1. The summed E-state index contributed by atoms with van der Waals surface area (Å²) in [6.45, 7) is 3.95. The number of thioether (sulfide) groups is 1. The number of aryl methyl sites for hydroxylation is 1. The van der Waals surface area contributed by atoms with E-state index in [1.54, 1.807) is 23.1 Å². The fourth-order valence-corrected chi connectivity index (χ4v) is 3.84. The van der Waals surface area contributed by atoms with Gasteiger partial charge in [0.1, 0.15) is 11.4 Å². The Bertz CT molecular complexity index is 879. The molecule has 0 aliphatic heterocycles. The van der Waals surface area contributed by atoms with E-state index < -0.39 is 0 Å². The third-order valence-corrected chi connectivity index (χ3v) is 5.66. The van der Waals surface area contributed by atoms with Gasteiger partial charge in [-0.1, -0.05) is 23.9 Å². The zero-order chi connectivity index (χ0) is 18.5. The topological polar surface area (TPSA) is 81.9 Å². The van der Waals surface area contributed by atoms with Crippen LogP contribution in [0.5, 0.6) is 5.75 Å². The van der Waals surface area contributed by atoms with Gasteiger partial charge in [0.15, 0.2) is 0 Å². The van der Waals surface area contributed by atoms with Crippen molar-refractivity contribution in [2.24, 2.45) is 0 Å². The maximum Gasteiger partial charge on any atom is 0.230 e. The van der Waals surface area contributed by atoms with Crippen LogP contribution in [0.25, 0.3) is 5.69 Å². The number of amides is 1. The largest absolute Gasteiger partial charge is 0.494 e. The van der Waals surface area contributed by atoms with E-state index in [1.165, 1.54) is 11.8 Å². The molecule has 2 heterocycles. The van der Waals surface area contributed by atoms with Gasteiger partial charge < -0.3 is 10.1 Å².